The maximum absolute atomic E-state index is 11.0. The summed E-state index contributed by atoms with van der Waals surface area (Å²) in [5.41, 5.74) is 0.705. The Morgan fingerprint density at radius 2 is 1.81 bits per heavy atom. The molecular weight excluding hydrogens is 271 g/mol. The third-order valence-corrected chi connectivity index (χ3v) is 3.50. The molecule has 0 radical (unpaired) electrons. The van der Waals surface area contributed by atoms with E-state index in [4.69, 9.17) is 22.3 Å². The molecule has 0 aliphatic heterocycles. The summed E-state index contributed by atoms with van der Waals surface area (Å²) < 4.78 is 23.5. The van der Waals surface area contributed by atoms with Crippen molar-refractivity contribution in [2.75, 3.05) is 0 Å². The van der Waals surface area contributed by atoms with E-state index in [-0.39, 0.29) is 4.90 Å². The smallest absolute Gasteiger partial charge is 0.239 e. The molecule has 0 bridgehead atoms. The van der Waals surface area contributed by atoms with Gasteiger partial charge < -0.3 is 0 Å². The second-order valence-corrected chi connectivity index (χ2v) is 6.04. The molecule has 4 nitrogen and oxygen atoms in total. The number of halogens is 2. The molecule has 16 heavy (non-hydrogen) atoms. The first kappa shape index (κ1) is 11.4. The molecule has 0 amide bonds. The minimum atomic E-state index is -3.68. The van der Waals surface area contributed by atoms with E-state index in [1.807, 2.05) is 0 Å². The molecule has 0 aliphatic carbocycles. The van der Waals surface area contributed by atoms with E-state index in [0.717, 1.165) is 0 Å². The summed E-state index contributed by atoms with van der Waals surface area (Å²) in [6.07, 6.45) is 3.11. The first-order valence-electron chi connectivity index (χ1n) is 4.22. The Balaban J connectivity index is 2.40. The van der Waals surface area contributed by atoms with Gasteiger partial charge in [-0.3, -0.25) is 0 Å². The minimum absolute atomic E-state index is 0.0520. The largest absolute Gasteiger partial charge is 0.261 e. The zero-order valence-electron chi connectivity index (χ0n) is 7.84. The first-order chi connectivity index (χ1) is 7.47. The van der Waals surface area contributed by atoms with Gasteiger partial charge in [-0.15, -0.1) is 0 Å². The van der Waals surface area contributed by atoms with Crippen LogP contribution in [0.2, 0.25) is 5.02 Å². The molecule has 1 heterocycles. The first-order valence-corrected chi connectivity index (χ1v) is 6.91. The normalized spacial score (nSPS) is 11.6. The number of hydrogen-bond acceptors (Lipinski definition) is 3. The predicted octanol–water partition coefficient (Wildman–Crippen LogP) is 2.45. The van der Waals surface area contributed by atoms with Gasteiger partial charge in [0.05, 0.1) is 21.8 Å². The van der Waals surface area contributed by atoms with Crippen LogP contribution in [0.4, 0.5) is 0 Å². The summed E-state index contributed by atoms with van der Waals surface area (Å²) in [5, 5.41) is 4.49. The van der Waals surface area contributed by atoms with E-state index < -0.39 is 9.05 Å². The summed E-state index contributed by atoms with van der Waals surface area (Å²) in [7, 11) is 1.51. The van der Waals surface area contributed by atoms with Crippen LogP contribution in [-0.2, 0) is 9.05 Å². The van der Waals surface area contributed by atoms with Gasteiger partial charge in [-0.05, 0) is 24.3 Å². The third kappa shape index (κ3) is 2.37. The Kier molecular flexibility index (Phi) is 2.92. The summed E-state index contributed by atoms with van der Waals surface area (Å²) in [5.74, 6) is 0. The zero-order valence-corrected chi connectivity index (χ0v) is 10.2. The van der Waals surface area contributed by atoms with Crippen molar-refractivity contribution < 1.29 is 8.42 Å². The topological polar surface area (TPSA) is 52.0 Å². The molecule has 0 aliphatic rings. The van der Waals surface area contributed by atoms with Crippen molar-refractivity contribution in [3.8, 4) is 5.69 Å². The molecule has 84 valence electrons. The lowest BCUT2D eigenvalue weighted by atomic mass is 10.3. The van der Waals surface area contributed by atoms with Crippen molar-refractivity contribution in [3.05, 3.63) is 41.7 Å². The van der Waals surface area contributed by atoms with Crippen molar-refractivity contribution in [2.45, 2.75) is 4.90 Å². The predicted molar refractivity (Wildman–Crippen MR) is 61.6 cm³/mol. The Morgan fingerprint density at radius 1 is 1.19 bits per heavy atom. The summed E-state index contributed by atoms with van der Waals surface area (Å²) in [6, 6.07) is 6.01. The van der Waals surface area contributed by atoms with Crippen LogP contribution < -0.4 is 0 Å². The Morgan fingerprint density at radius 3 is 2.25 bits per heavy atom. The van der Waals surface area contributed by atoms with Crippen molar-refractivity contribution in [1.29, 1.82) is 0 Å². The maximum atomic E-state index is 11.0. The van der Waals surface area contributed by atoms with Gasteiger partial charge in [-0.25, -0.2) is 13.1 Å². The highest BCUT2D eigenvalue weighted by Crippen LogP contribution is 2.17. The van der Waals surface area contributed by atoms with E-state index in [9.17, 15) is 8.42 Å². The molecule has 0 unspecified atom stereocenters. The minimum Gasteiger partial charge on any atom is -0.239 e. The van der Waals surface area contributed by atoms with Crippen LogP contribution >= 0.6 is 22.3 Å². The Hall–Kier alpha value is -1.04. The van der Waals surface area contributed by atoms with Crippen LogP contribution in [0.5, 0.6) is 0 Å². The van der Waals surface area contributed by atoms with Gasteiger partial charge in [-0.1, -0.05) is 11.6 Å². The van der Waals surface area contributed by atoms with E-state index in [0.29, 0.717) is 10.7 Å². The van der Waals surface area contributed by atoms with E-state index in [1.54, 1.807) is 18.3 Å². The average molecular weight is 277 g/mol. The fourth-order valence-electron chi connectivity index (χ4n) is 1.20. The molecule has 0 atom stereocenters. The highest BCUT2D eigenvalue weighted by molar-refractivity contribution is 8.13. The molecule has 0 spiro atoms. The Labute approximate surface area is 102 Å². The highest BCUT2D eigenvalue weighted by atomic mass is 35.7. The summed E-state index contributed by atoms with van der Waals surface area (Å²) in [6.45, 7) is 0. The van der Waals surface area contributed by atoms with Crippen LogP contribution in [-0.4, -0.2) is 18.2 Å². The van der Waals surface area contributed by atoms with Crippen LogP contribution in [0, 0.1) is 0 Å². The van der Waals surface area contributed by atoms with Crippen molar-refractivity contribution >= 4 is 31.3 Å². The molecule has 1 aromatic carbocycles. The molecule has 1 aromatic heterocycles. The number of aromatic nitrogens is 2. The number of nitrogens with zero attached hydrogens (tertiary/aromatic N) is 2. The molecule has 7 heteroatoms. The van der Waals surface area contributed by atoms with Crippen molar-refractivity contribution in [3.63, 3.8) is 0 Å². The second-order valence-electron chi connectivity index (χ2n) is 3.03. The molecule has 2 rings (SSSR count). The number of rotatable bonds is 2. The molecule has 0 saturated heterocycles. The van der Waals surface area contributed by atoms with Crippen LogP contribution in [0.3, 0.4) is 0 Å². The molecule has 0 fully saturated rings. The lowest BCUT2D eigenvalue weighted by molar-refractivity contribution is 0.609. The van der Waals surface area contributed by atoms with E-state index in [1.165, 1.54) is 23.0 Å². The van der Waals surface area contributed by atoms with Gasteiger partial charge in [0.15, 0.2) is 0 Å². The molecule has 2 aromatic rings. The fourth-order valence-corrected chi connectivity index (χ4v) is 2.11. The van der Waals surface area contributed by atoms with Gasteiger partial charge in [0.1, 0.15) is 0 Å². The standard InChI is InChI=1S/C9H6Cl2N2O2S/c10-7-5-12-13(6-7)8-1-3-9(4-2-8)16(11,14)15/h1-6H. The SMILES string of the molecule is O=S(=O)(Cl)c1ccc(-n2cc(Cl)cn2)cc1. The van der Waals surface area contributed by atoms with Crippen molar-refractivity contribution in [1.82, 2.24) is 9.78 Å². The quantitative estimate of drug-likeness (QED) is 0.792. The number of benzene rings is 1. The van der Waals surface area contributed by atoms with Gasteiger partial charge in [0, 0.05) is 16.9 Å². The zero-order chi connectivity index (χ0) is 11.8. The summed E-state index contributed by atoms with van der Waals surface area (Å²) in [4.78, 5) is 0.0520. The highest BCUT2D eigenvalue weighted by Gasteiger charge is 2.09. The molecule has 0 saturated carbocycles. The van der Waals surface area contributed by atoms with Crippen LogP contribution in [0.1, 0.15) is 0 Å². The lowest BCUT2D eigenvalue weighted by Crippen LogP contribution is -1.95. The monoisotopic (exact) mass is 276 g/mol. The van der Waals surface area contributed by atoms with Crippen LogP contribution in [0.15, 0.2) is 41.6 Å². The second kappa shape index (κ2) is 4.08. The van der Waals surface area contributed by atoms with Gasteiger partial charge in [-0.2, -0.15) is 5.10 Å². The van der Waals surface area contributed by atoms with Gasteiger partial charge in [0.2, 0.25) is 0 Å². The van der Waals surface area contributed by atoms with Crippen molar-refractivity contribution in [2.24, 2.45) is 0 Å². The average Bonchev–Trinajstić information content (AvgIpc) is 2.64. The number of hydrogen-bond donors (Lipinski definition) is 0. The van der Waals surface area contributed by atoms with Crippen LogP contribution in [0.25, 0.3) is 5.69 Å². The summed E-state index contributed by atoms with van der Waals surface area (Å²) >= 11 is 5.71. The van der Waals surface area contributed by atoms with Gasteiger partial charge in [0.25, 0.3) is 9.05 Å². The molecular formula is C9H6Cl2N2O2S. The third-order valence-electron chi connectivity index (χ3n) is 1.93. The van der Waals surface area contributed by atoms with E-state index >= 15 is 0 Å². The van der Waals surface area contributed by atoms with E-state index in [2.05, 4.69) is 5.10 Å². The maximum Gasteiger partial charge on any atom is 0.261 e. The molecule has 0 N–H and O–H groups in total. The lowest BCUT2D eigenvalue weighted by Gasteiger charge is -2.01. The van der Waals surface area contributed by atoms with Gasteiger partial charge >= 0.3 is 0 Å². The Bertz CT molecular complexity index is 605. The fraction of sp³-hybridized carbons (Fsp3) is 0.